The van der Waals surface area contributed by atoms with Gasteiger partial charge in [0.2, 0.25) is 0 Å². The van der Waals surface area contributed by atoms with Crippen molar-refractivity contribution in [2.45, 2.75) is 20.5 Å². The van der Waals surface area contributed by atoms with Crippen molar-refractivity contribution in [1.29, 1.82) is 0 Å². The predicted octanol–water partition coefficient (Wildman–Crippen LogP) is 3.00. The van der Waals surface area contributed by atoms with Crippen molar-refractivity contribution in [3.05, 3.63) is 74.9 Å². The van der Waals surface area contributed by atoms with Gasteiger partial charge in [-0.1, -0.05) is 17.7 Å². The first-order valence-corrected chi connectivity index (χ1v) is 9.48. The van der Waals surface area contributed by atoms with Crippen LogP contribution in [-0.2, 0) is 6.61 Å². The fourth-order valence-electron chi connectivity index (χ4n) is 3.22. The van der Waals surface area contributed by atoms with Crippen LogP contribution in [0.3, 0.4) is 0 Å². The molecule has 0 aliphatic heterocycles. The minimum absolute atomic E-state index is 0.109. The van der Waals surface area contributed by atoms with Crippen LogP contribution < -0.4 is 15.2 Å². The largest absolute Gasteiger partial charge is 0.496 e. The lowest BCUT2D eigenvalue weighted by Gasteiger charge is -2.15. The molecular formula is C20H19ClN6O3. The van der Waals surface area contributed by atoms with E-state index in [1.165, 1.54) is 0 Å². The number of hydrogen-bond donors (Lipinski definition) is 1. The van der Waals surface area contributed by atoms with Crippen molar-refractivity contribution >= 4 is 11.6 Å². The van der Waals surface area contributed by atoms with Crippen molar-refractivity contribution in [3.63, 3.8) is 0 Å². The zero-order valence-corrected chi connectivity index (χ0v) is 17.3. The molecular weight excluding hydrogens is 408 g/mol. The monoisotopic (exact) mass is 426 g/mol. The molecule has 0 fully saturated rings. The summed E-state index contributed by atoms with van der Waals surface area (Å²) in [6.45, 7) is 4.03. The predicted molar refractivity (Wildman–Crippen MR) is 111 cm³/mol. The lowest BCUT2D eigenvalue weighted by molar-refractivity contribution is 0.296. The highest BCUT2D eigenvalue weighted by atomic mass is 35.5. The van der Waals surface area contributed by atoms with Crippen LogP contribution in [0.4, 0.5) is 0 Å². The summed E-state index contributed by atoms with van der Waals surface area (Å²) in [6, 6.07) is 12.7. The quantitative estimate of drug-likeness (QED) is 0.508. The maximum atomic E-state index is 12.0. The molecule has 0 saturated heterocycles. The zero-order valence-electron chi connectivity index (χ0n) is 16.6. The maximum Gasteiger partial charge on any atom is 0.365 e. The number of ether oxygens (including phenoxy) is 2. The van der Waals surface area contributed by atoms with Crippen LogP contribution >= 0.6 is 11.6 Å². The lowest BCUT2D eigenvalue weighted by Crippen LogP contribution is -2.18. The van der Waals surface area contributed by atoms with Crippen molar-refractivity contribution in [2.24, 2.45) is 0 Å². The molecule has 0 saturated carbocycles. The van der Waals surface area contributed by atoms with Gasteiger partial charge in [-0.25, -0.2) is 14.6 Å². The van der Waals surface area contributed by atoms with E-state index < -0.39 is 5.69 Å². The second-order valence-electron chi connectivity index (χ2n) is 6.62. The van der Waals surface area contributed by atoms with Crippen LogP contribution in [-0.4, -0.2) is 37.1 Å². The van der Waals surface area contributed by atoms with E-state index in [2.05, 4.69) is 20.6 Å². The number of H-pyrrole nitrogens is 1. The Balaban J connectivity index is 1.63. The molecule has 154 valence electrons. The Morgan fingerprint density at radius 3 is 2.57 bits per heavy atom. The highest BCUT2D eigenvalue weighted by molar-refractivity contribution is 6.32. The number of aromatic nitrogens is 6. The molecule has 2 aromatic heterocycles. The molecule has 2 aromatic carbocycles. The van der Waals surface area contributed by atoms with Crippen LogP contribution in [0.1, 0.15) is 17.0 Å². The van der Waals surface area contributed by atoms with Gasteiger partial charge in [0.25, 0.3) is 0 Å². The normalized spacial score (nSPS) is 10.9. The Morgan fingerprint density at radius 2 is 1.93 bits per heavy atom. The first-order valence-electron chi connectivity index (χ1n) is 9.10. The molecule has 0 aliphatic rings. The molecule has 9 nitrogen and oxygen atoms in total. The number of aromatic amines is 1. The second-order valence-corrected chi connectivity index (χ2v) is 7.03. The van der Waals surface area contributed by atoms with Gasteiger partial charge < -0.3 is 9.47 Å². The van der Waals surface area contributed by atoms with Crippen molar-refractivity contribution < 1.29 is 9.47 Å². The molecule has 0 atom stereocenters. The summed E-state index contributed by atoms with van der Waals surface area (Å²) in [7, 11) is 1.55. The summed E-state index contributed by atoms with van der Waals surface area (Å²) in [5, 5.41) is 14.5. The number of methoxy groups -OCH3 is 1. The second kappa shape index (κ2) is 8.03. The third kappa shape index (κ3) is 3.67. The van der Waals surface area contributed by atoms with Gasteiger partial charge in [-0.2, -0.15) is 9.78 Å². The fourth-order valence-corrected chi connectivity index (χ4v) is 3.45. The topological polar surface area (TPSA) is 99.9 Å². The number of nitrogens with one attached hydrogen (secondary N) is 1. The van der Waals surface area contributed by atoms with E-state index in [4.69, 9.17) is 21.1 Å². The van der Waals surface area contributed by atoms with Crippen LogP contribution in [0.5, 0.6) is 11.5 Å². The van der Waals surface area contributed by atoms with Crippen LogP contribution in [0, 0.1) is 13.8 Å². The fraction of sp³-hybridized carbons (Fsp3) is 0.200. The maximum absolute atomic E-state index is 12.0. The van der Waals surface area contributed by atoms with E-state index in [-0.39, 0.29) is 6.61 Å². The number of rotatable bonds is 6. The summed E-state index contributed by atoms with van der Waals surface area (Å²) in [6.07, 6.45) is 0. The Kier molecular flexibility index (Phi) is 5.28. The minimum atomic E-state index is -0.461. The number of nitrogens with zero attached hydrogens (tertiary/aromatic N) is 5. The van der Waals surface area contributed by atoms with E-state index in [1.54, 1.807) is 37.4 Å². The van der Waals surface area contributed by atoms with E-state index in [0.717, 1.165) is 21.8 Å². The summed E-state index contributed by atoms with van der Waals surface area (Å²) in [5.41, 5.74) is 3.45. The third-order valence-corrected chi connectivity index (χ3v) is 4.87. The minimum Gasteiger partial charge on any atom is -0.496 e. The van der Waals surface area contributed by atoms with Gasteiger partial charge in [0, 0.05) is 5.69 Å². The van der Waals surface area contributed by atoms with Gasteiger partial charge in [0.15, 0.2) is 0 Å². The molecule has 4 aromatic rings. The molecule has 1 N–H and O–H groups in total. The van der Waals surface area contributed by atoms with Crippen molar-refractivity contribution in [3.8, 4) is 22.9 Å². The molecule has 0 bridgehead atoms. The molecule has 0 aliphatic carbocycles. The van der Waals surface area contributed by atoms with E-state index in [1.807, 2.05) is 30.7 Å². The van der Waals surface area contributed by atoms with E-state index in [9.17, 15) is 4.79 Å². The number of tetrazole rings is 1. The lowest BCUT2D eigenvalue weighted by atomic mass is 10.1. The molecule has 0 spiro atoms. The van der Waals surface area contributed by atoms with Gasteiger partial charge in [0.05, 0.1) is 34.8 Å². The highest BCUT2D eigenvalue weighted by Crippen LogP contribution is 2.31. The first kappa shape index (κ1) is 19.7. The molecule has 30 heavy (non-hydrogen) atoms. The van der Waals surface area contributed by atoms with Crippen LogP contribution in [0.2, 0.25) is 5.02 Å². The van der Waals surface area contributed by atoms with Crippen LogP contribution in [0.25, 0.3) is 11.4 Å². The van der Waals surface area contributed by atoms with Gasteiger partial charge in [-0.05, 0) is 60.7 Å². The van der Waals surface area contributed by atoms with Crippen molar-refractivity contribution in [2.75, 3.05) is 7.11 Å². The summed E-state index contributed by atoms with van der Waals surface area (Å²) < 4.78 is 14.4. The van der Waals surface area contributed by atoms with Gasteiger partial charge >= 0.3 is 5.69 Å². The van der Waals surface area contributed by atoms with Gasteiger partial charge in [-0.3, -0.25) is 0 Å². The summed E-state index contributed by atoms with van der Waals surface area (Å²) in [4.78, 5) is 12.0. The molecule has 0 unspecified atom stereocenters. The summed E-state index contributed by atoms with van der Waals surface area (Å²) >= 11 is 6.46. The molecule has 4 rings (SSSR count). The number of halogens is 1. The van der Waals surface area contributed by atoms with E-state index in [0.29, 0.717) is 27.8 Å². The average Bonchev–Trinajstić information content (AvgIpc) is 3.31. The first-order chi connectivity index (χ1) is 14.5. The Morgan fingerprint density at radius 1 is 1.10 bits per heavy atom. The van der Waals surface area contributed by atoms with Crippen LogP contribution in [0.15, 0.2) is 47.3 Å². The SMILES string of the molecule is COc1cccc(-n2nn[nH]c2=O)c1COc1ccc(-n2nc(C)cc2C)cc1Cl. The zero-order chi connectivity index (χ0) is 21.3. The Bertz CT molecular complexity index is 1260. The number of aryl methyl sites for hydroxylation is 2. The average molecular weight is 427 g/mol. The third-order valence-electron chi connectivity index (χ3n) is 4.57. The Labute approximate surface area is 176 Å². The van der Waals surface area contributed by atoms with Gasteiger partial charge in [-0.15, -0.1) is 0 Å². The standard InChI is InChI=1S/C20H19ClN6O3/c1-12-9-13(2)26(23-12)14-7-8-19(16(21)10-14)30-11-15-17(5-4-6-18(15)29-3)27-20(28)22-24-25-27/h4-10H,11H2,1-3H3,(H,22,25,28). The smallest absolute Gasteiger partial charge is 0.365 e. The Hall–Kier alpha value is -3.59. The summed E-state index contributed by atoms with van der Waals surface area (Å²) in [5.74, 6) is 1.05. The van der Waals surface area contributed by atoms with Crippen molar-refractivity contribution in [1.82, 2.24) is 30.0 Å². The highest BCUT2D eigenvalue weighted by Gasteiger charge is 2.16. The molecule has 10 heteroatoms. The molecule has 0 amide bonds. The number of benzene rings is 2. The molecule has 2 heterocycles. The van der Waals surface area contributed by atoms with E-state index >= 15 is 0 Å². The molecule has 0 radical (unpaired) electrons. The van der Waals surface area contributed by atoms with Gasteiger partial charge in [0.1, 0.15) is 18.1 Å². The number of hydrogen-bond acceptors (Lipinski definition) is 6.